The maximum absolute atomic E-state index is 12.4. The number of guanidine groups is 1. The topological polar surface area (TPSA) is 56.7 Å². The molecule has 0 atom stereocenters. The number of aliphatic imine (C=N–C) groups is 1. The Labute approximate surface area is 146 Å². The average Bonchev–Trinajstić information content (AvgIpc) is 3.14. The Kier molecular flexibility index (Phi) is 5.48. The summed E-state index contributed by atoms with van der Waals surface area (Å²) in [5.74, 6) is 0.745. The maximum atomic E-state index is 12.4. The Morgan fingerprint density at radius 2 is 2.08 bits per heavy atom. The minimum Gasteiger partial charge on any atom is -0.352 e. The highest BCUT2D eigenvalue weighted by atomic mass is 32.1. The fourth-order valence-corrected chi connectivity index (χ4v) is 3.45. The van der Waals surface area contributed by atoms with Gasteiger partial charge in [0.2, 0.25) is 5.91 Å². The minimum absolute atomic E-state index is 0.1000. The zero-order valence-electron chi connectivity index (χ0n) is 13.8. The Bertz CT molecular complexity index is 712. The van der Waals surface area contributed by atoms with Crippen LogP contribution in [0.1, 0.15) is 16.7 Å². The fraction of sp³-hybridized carbons (Fsp3) is 0.333. The van der Waals surface area contributed by atoms with Crippen LogP contribution in [0.3, 0.4) is 0 Å². The second kappa shape index (κ2) is 7.97. The summed E-state index contributed by atoms with van der Waals surface area (Å²) in [6.45, 7) is 2.43. The van der Waals surface area contributed by atoms with Gasteiger partial charge in [-0.15, -0.1) is 0 Å². The van der Waals surface area contributed by atoms with Crippen molar-refractivity contribution in [2.75, 3.05) is 20.1 Å². The van der Waals surface area contributed by atoms with Crippen LogP contribution in [0.25, 0.3) is 0 Å². The Balaban J connectivity index is 1.48. The molecule has 0 fully saturated rings. The molecule has 0 spiro atoms. The molecule has 0 aliphatic carbocycles. The summed E-state index contributed by atoms with van der Waals surface area (Å²) in [7, 11) is 1.71. The third-order valence-electron chi connectivity index (χ3n) is 4.15. The molecular formula is C18H22N4OS. The number of hydrogen-bond donors (Lipinski definition) is 2. The summed E-state index contributed by atoms with van der Waals surface area (Å²) in [6, 6.07) is 10.4. The predicted molar refractivity (Wildman–Crippen MR) is 98.1 cm³/mol. The average molecular weight is 342 g/mol. The number of fused-ring (bicyclic) bond motifs is 1. The van der Waals surface area contributed by atoms with Crippen LogP contribution < -0.4 is 10.6 Å². The first kappa shape index (κ1) is 16.5. The van der Waals surface area contributed by atoms with Gasteiger partial charge in [-0.05, 0) is 39.9 Å². The van der Waals surface area contributed by atoms with E-state index in [0.29, 0.717) is 19.0 Å². The number of carbonyl (C=O) groups is 1. The molecule has 3 rings (SSSR count). The maximum Gasteiger partial charge on any atom is 0.242 e. The van der Waals surface area contributed by atoms with E-state index in [2.05, 4.69) is 45.3 Å². The summed E-state index contributed by atoms with van der Waals surface area (Å²) >= 11 is 1.67. The number of rotatable bonds is 4. The van der Waals surface area contributed by atoms with Crippen LogP contribution in [0.4, 0.5) is 0 Å². The van der Waals surface area contributed by atoms with Gasteiger partial charge >= 0.3 is 0 Å². The van der Waals surface area contributed by atoms with E-state index in [0.717, 1.165) is 13.0 Å². The van der Waals surface area contributed by atoms with Gasteiger partial charge < -0.3 is 15.5 Å². The van der Waals surface area contributed by atoms with Crippen LogP contribution in [0.15, 0.2) is 46.1 Å². The summed E-state index contributed by atoms with van der Waals surface area (Å²) in [6.07, 6.45) is 0.924. The van der Waals surface area contributed by atoms with E-state index >= 15 is 0 Å². The molecule has 2 aromatic rings. The van der Waals surface area contributed by atoms with Gasteiger partial charge in [-0.3, -0.25) is 9.79 Å². The summed E-state index contributed by atoms with van der Waals surface area (Å²) in [5.41, 5.74) is 3.81. The number of amides is 1. The molecule has 0 unspecified atom stereocenters. The monoisotopic (exact) mass is 342 g/mol. The van der Waals surface area contributed by atoms with Gasteiger partial charge in [-0.2, -0.15) is 11.3 Å². The smallest absolute Gasteiger partial charge is 0.242 e. The molecule has 2 N–H and O–H groups in total. The number of nitrogens with one attached hydrogen (secondary N) is 2. The molecule has 0 bridgehead atoms. The van der Waals surface area contributed by atoms with Crippen molar-refractivity contribution in [2.45, 2.75) is 19.5 Å². The third kappa shape index (κ3) is 4.14. The zero-order valence-corrected chi connectivity index (χ0v) is 14.6. The number of benzene rings is 1. The van der Waals surface area contributed by atoms with Gasteiger partial charge in [0.25, 0.3) is 0 Å². The summed E-state index contributed by atoms with van der Waals surface area (Å²) < 4.78 is 0. The lowest BCUT2D eigenvalue weighted by molar-refractivity contribution is -0.130. The molecular weight excluding hydrogens is 320 g/mol. The lowest BCUT2D eigenvalue weighted by atomic mass is 10.00. The molecule has 2 heterocycles. The molecule has 1 amide bonds. The van der Waals surface area contributed by atoms with Crippen molar-refractivity contribution in [2.24, 2.45) is 4.99 Å². The highest BCUT2D eigenvalue weighted by Crippen LogP contribution is 2.18. The molecule has 0 saturated heterocycles. The molecule has 0 radical (unpaired) electrons. The third-order valence-corrected chi connectivity index (χ3v) is 4.89. The molecule has 24 heavy (non-hydrogen) atoms. The second-order valence-electron chi connectivity index (χ2n) is 5.74. The second-order valence-corrected chi connectivity index (χ2v) is 6.52. The summed E-state index contributed by atoms with van der Waals surface area (Å²) in [4.78, 5) is 18.5. The minimum atomic E-state index is 0.1000. The number of nitrogens with zero attached hydrogens (tertiary/aromatic N) is 2. The predicted octanol–water partition coefficient (Wildman–Crippen LogP) is 2.00. The van der Waals surface area contributed by atoms with Crippen molar-refractivity contribution >= 4 is 23.2 Å². The van der Waals surface area contributed by atoms with E-state index in [1.54, 1.807) is 18.4 Å². The van der Waals surface area contributed by atoms with Crippen LogP contribution >= 0.6 is 11.3 Å². The van der Waals surface area contributed by atoms with Gasteiger partial charge in [0.15, 0.2) is 5.96 Å². The molecule has 1 aliphatic rings. The highest BCUT2D eigenvalue weighted by Gasteiger charge is 2.20. The first-order valence-corrected chi connectivity index (χ1v) is 9.00. The number of thiophene rings is 1. The van der Waals surface area contributed by atoms with E-state index in [9.17, 15) is 4.79 Å². The van der Waals surface area contributed by atoms with Crippen LogP contribution in [-0.4, -0.2) is 36.9 Å². The van der Waals surface area contributed by atoms with Crippen LogP contribution in [0.2, 0.25) is 0 Å². The zero-order chi connectivity index (χ0) is 16.8. The molecule has 5 nitrogen and oxygen atoms in total. The fourth-order valence-electron chi connectivity index (χ4n) is 2.78. The van der Waals surface area contributed by atoms with Crippen molar-refractivity contribution in [3.05, 3.63) is 57.8 Å². The van der Waals surface area contributed by atoms with Crippen LogP contribution in [0, 0.1) is 0 Å². The van der Waals surface area contributed by atoms with Crippen molar-refractivity contribution in [3.63, 3.8) is 0 Å². The largest absolute Gasteiger partial charge is 0.352 e. The van der Waals surface area contributed by atoms with E-state index in [4.69, 9.17) is 0 Å². The Morgan fingerprint density at radius 3 is 2.83 bits per heavy atom. The highest BCUT2D eigenvalue weighted by molar-refractivity contribution is 7.07. The van der Waals surface area contributed by atoms with Crippen LogP contribution in [0.5, 0.6) is 0 Å². The summed E-state index contributed by atoms with van der Waals surface area (Å²) in [5, 5.41) is 10.5. The molecule has 6 heteroatoms. The van der Waals surface area contributed by atoms with Crippen molar-refractivity contribution in [1.82, 2.24) is 15.5 Å². The molecule has 1 aromatic heterocycles. The molecule has 1 aliphatic heterocycles. The standard InChI is InChI=1S/C18H22N4OS/c1-19-18(20-10-14-7-9-24-13-14)21-11-17(23)22-8-6-15-4-2-3-5-16(15)12-22/h2-5,7,9,13H,6,8,10-12H2,1H3,(H2,19,20,21). The van der Waals surface area contributed by atoms with E-state index in [1.165, 1.54) is 16.7 Å². The van der Waals surface area contributed by atoms with Gasteiger partial charge in [0, 0.05) is 26.7 Å². The molecule has 1 aromatic carbocycles. The molecule has 0 saturated carbocycles. The Hall–Kier alpha value is -2.34. The molecule has 126 valence electrons. The first-order chi connectivity index (χ1) is 11.8. The van der Waals surface area contributed by atoms with Crippen molar-refractivity contribution in [3.8, 4) is 0 Å². The van der Waals surface area contributed by atoms with E-state index in [1.807, 2.05) is 16.3 Å². The van der Waals surface area contributed by atoms with E-state index < -0.39 is 0 Å². The van der Waals surface area contributed by atoms with Crippen molar-refractivity contribution < 1.29 is 4.79 Å². The van der Waals surface area contributed by atoms with Gasteiger partial charge in [-0.25, -0.2) is 0 Å². The lowest BCUT2D eigenvalue weighted by Crippen LogP contribution is -2.45. The van der Waals surface area contributed by atoms with Crippen molar-refractivity contribution in [1.29, 1.82) is 0 Å². The van der Waals surface area contributed by atoms with Crippen LogP contribution in [-0.2, 0) is 24.3 Å². The van der Waals surface area contributed by atoms with Gasteiger partial charge in [0.05, 0.1) is 6.54 Å². The normalized spacial score (nSPS) is 14.2. The van der Waals surface area contributed by atoms with Gasteiger partial charge in [-0.1, -0.05) is 24.3 Å². The SMILES string of the molecule is CN=C(NCC(=O)N1CCc2ccccc2C1)NCc1ccsc1. The van der Waals surface area contributed by atoms with Gasteiger partial charge in [0.1, 0.15) is 0 Å². The number of carbonyl (C=O) groups excluding carboxylic acids is 1. The first-order valence-electron chi connectivity index (χ1n) is 8.06. The number of hydrogen-bond acceptors (Lipinski definition) is 3. The van der Waals surface area contributed by atoms with E-state index in [-0.39, 0.29) is 12.5 Å². The quantitative estimate of drug-likeness (QED) is 0.660. The Morgan fingerprint density at radius 1 is 1.25 bits per heavy atom. The lowest BCUT2D eigenvalue weighted by Gasteiger charge is -2.29.